The van der Waals surface area contributed by atoms with Crippen LogP contribution in [0.25, 0.3) is 11.4 Å². The van der Waals surface area contributed by atoms with Gasteiger partial charge in [0.1, 0.15) is 17.5 Å². The van der Waals surface area contributed by atoms with E-state index in [1.807, 2.05) is 37.3 Å². The highest BCUT2D eigenvalue weighted by Crippen LogP contribution is 2.41. The minimum Gasteiger partial charge on any atom is -0.497 e. The van der Waals surface area contributed by atoms with Gasteiger partial charge in [0.25, 0.3) is 0 Å². The summed E-state index contributed by atoms with van der Waals surface area (Å²) in [6.07, 6.45) is 0. The first-order valence-corrected chi connectivity index (χ1v) is 9.46. The monoisotopic (exact) mass is 405 g/mol. The van der Waals surface area contributed by atoms with Crippen LogP contribution in [0.1, 0.15) is 24.1 Å². The molecular weight excluding hydrogens is 382 g/mol. The number of carbonyl (C=O) groups is 1. The number of ether oxygens (including phenoxy) is 2. The summed E-state index contributed by atoms with van der Waals surface area (Å²) >= 11 is 0. The first-order valence-electron chi connectivity index (χ1n) is 9.46. The van der Waals surface area contributed by atoms with Gasteiger partial charge >= 0.3 is 0 Å². The minimum absolute atomic E-state index is 0.384. The molecule has 1 aliphatic heterocycles. The van der Waals surface area contributed by atoms with Crippen molar-refractivity contribution >= 4 is 11.9 Å². The van der Waals surface area contributed by atoms with Crippen molar-refractivity contribution in [3.8, 4) is 22.9 Å². The molecule has 0 saturated heterocycles. The number of nitrogens with one attached hydrogen (secondary N) is 1. The van der Waals surface area contributed by atoms with Gasteiger partial charge in [-0.15, -0.1) is 5.10 Å². The van der Waals surface area contributed by atoms with Gasteiger partial charge in [-0.05, 0) is 32.0 Å². The molecule has 2 heterocycles. The Morgan fingerprint density at radius 1 is 1.10 bits per heavy atom. The van der Waals surface area contributed by atoms with E-state index in [2.05, 4.69) is 10.3 Å². The summed E-state index contributed by atoms with van der Waals surface area (Å²) in [5.74, 6) is 1.73. The number of aryl methyl sites for hydroxylation is 1. The van der Waals surface area contributed by atoms with Crippen LogP contribution in [0.4, 0.5) is 5.95 Å². The molecule has 1 aliphatic rings. The van der Waals surface area contributed by atoms with Gasteiger partial charge in [-0.25, -0.2) is 4.68 Å². The summed E-state index contributed by atoms with van der Waals surface area (Å²) in [6, 6.07) is 12.7. The van der Waals surface area contributed by atoms with Gasteiger partial charge in [-0.2, -0.15) is 4.98 Å². The van der Waals surface area contributed by atoms with E-state index >= 15 is 0 Å². The third kappa shape index (κ3) is 3.26. The summed E-state index contributed by atoms with van der Waals surface area (Å²) in [5.41, 5.74) is 9.49. The fourth-order valence-corrected chi connectivity index (χ4v) is 3.64. The molecule has 2 aromatic carbocycles. The predicted molar refractivity (Wildman–Crippen MR) is 113 cm³/mol. The molecule has 8 nitrogen and oxygen atoms in total. The normalized spacial score (nSPS) is 15.4. The number of aromatic nitrogens is 3. The molecule has 1 aromatic heterocycles. The van der Waals surface area contributed by atoms with Crippen LogP contribution in [0, 0.1) is 6.92 Å². The zero-order valence-electron chi connectivity index (χ0n) is 17.3. The average Bonchev–Trinajstić information content (AvgIpc) is 3.16. The highest BCUT2D eigenvalue weighted by Gasteiger charge is 2.35. The van der Waals surface area contributed by atoms with Gasteiger partial charge in [-0.3, -0.25) is 4.79 Å². The second-order valence-electron chi connectivity index (χ2n) is 7.11. The second-order valence-corrected chi connectivity index (χ2v) is 7.11. The molecule has 1 amide bonds. The molecule has 0 spiro atoms. The average molecular weight is 405 g/mol. The van der Waals surface area contributed by atoms with E-state index in [0.29, 0.717) is 40.1 Å². The summed E-state index contributed by atoms with van der Waals surface area (Å²) in [5, 5.41) is 7.87. The number of allylic oxidation sites excluding steroid dienone is 1. The van der Waals surface area contributed by atoms with E-state index in [-0.39, 0.29) is 0 Å². The van der Waals surface area contributed by atoms with Crippen molar-refractivity contribution in [2.75, 3.05) is 19.5 Å². The summed E-state index contributed by atoms with van der Waals surface area (Å²) in [7, 11) is 3.16. The number of methoxy groups -OCH3 is 2. The Hall–Kier alpha value is -3.81. The van der Waals surface area contributed by atoms with Crippen LogP contribution < -0.4 is 20.5 Å². The fourth-order valence-electron chi connectivity index (χ4n) is 3.64. The van der Waals surface area contributed by atoms with Crippen molar-refractivity contribution in [3.05, 3.63) is 64.9 Å². The number of amides is 1. The third-order valence-corrected chi connectivity index (χ3v) is 5.16. The Balaban J connectivity index is 1.93. The fraction of sp³-hybridized carbons (Fsp3) is 0.227. The third-order valence-electron chi connectivity index (χ3n) is 5.16. The first kappa shape index (κ1) is 19.5. The van der Waals surface area contributed by atoms with Crippen LogP contribution in [-0.4, -0.2) is 34.9 Å². The van der Waals surface area contributed by atoms with Gasteiger partial charge in [0, 0.05) is 16.8 Å². The standard InChI is InChI=1S/C22H23N5O3/c1-12-5-7-14(8-6-12)21-25-22-24-13(2)18(20(23)28)19(27(22)26-21)16-11-15(29-3)9-10-17(16)30-4/h5-11,19H,1-4H3,(H2,23,28)(H,24,25,26). The lowest BCUT2D eigenvalue weighted by Gasteiger charge is -2.28. The van der Waals surface area contributed by atoms with Crippen molar-refractivity contribution in [2.24, 2.45) is 5.73 Å². The minimum atomic E-state index is -0.615. The van der Waals surface area contributed by atoms with E-state index < -0.39 is 11.9 Å². The number of benzene rings is 2. The first-order chi connectivity index (χ1) is 14.4. The van der Waals surface area contributed by atoms with Crippen molar-refractivity contribution in [1.82, 2.24) is 14.8 Å². The number of fused-ring (bicyclic) bond motifs is 1. The lowest BCUT2D eigenvalue weighted by atomic mass is 9.94. The molecule has 0 saturated carbocycles. The van der Waals surface area contributed by atoms with Crippen LogP contribution in [0.5, 0.6) is 11.5 Å². The molecule has 8 heteroatoms. The summed E-state index contributed by atoms with van der Waals surface area (Å²) in [4.78, 5) is 17.1. The molecule has 0 fully saturated rings. The van der Waals surface area contributed by atoms with Crippen LogP contribution in [-0.2, 0) is 4.79 Å². The zero-order chi connectivity index (χ0) is 21.4. The maximum absolute atomic E-state index is 12.4. The van der Waals surface area contributed by atoms with E-state index in [4.69, 9.17) is 20.3 Å². The van der Waals surface area contributed by atoms with Crippen molar-refractivity contribution < 1.29 is 14.3 Å². The Bertz CT molecular complexity index is 1150. The molecule has 4 rings (SSSR count). The number of hydrogen-bond donors (Lipinski definition) is 2. The quantitative estimate of drug-likeness (QED) is 0.676. The van der Waals surface area contributed by atoms with Crippen molar-refractivity contribution in [2.45, 2.75) is 19.9 Å². The lowest BCUT2D eigenvalue weighted by molar-refractivity contribution is -0.115. The number of hydrogen-bond acceptors (Lipinski definition) is 6. The lowest BCUT2D eigenvalue weighted by Crippen LogP contribution is -2.32. The Morgan fingerprint density at radius 3 is 2.47 bits per heavy atom. The van der Waals surface area contributed by atoms with Gasteiger partial charge < -0.3 is 20.5 Å². The van der Waals surface area contributed by atoms with E-state index in [1.165, 1.54) is 0 Å². The van der Waals surface area contributed by atoms with Crippen LogP contribution in [0.15, 0.2) is 53.7 Å². The maximum atomic E-state index is 12.4. The molecular formula is C22H23N5O3. The number of primary amides is 1. The molecule has 0 aliphatic carbocycles. The van der Waals surface area contributed by atoms with Gasteiger partial charge in [0.15, 0.2) is 5.82 Å². The van der Waals surface area contributed by atoms with Crippen LogP contribution >= 0.6 is 0 Å². The molecule has 30 heavy (non-hydrogen) atoms. The predicted octanol–water partition coefficient (Wildman–Crippen LogP) is 3.04. The highest BCUT2D eigenvalue weighted by molar-refractivity contribution is 5.95. The van der Waals surface area contributed by atoms with E-state index in [9.17, 15) is 4.79 Å². The van der Waals surface area contributed by atoms with E-state index in [1.54, 1.807) is 38.0 Å². The molecule has 3 aromatic rings. The number of anilines is 1. The largest absolute Gasteiger partial charge is 0.497 e. The summed E-state index contributed by atoms with van der Waals surface area (Å²) < 4.78 is 12.6. The van der Waals surface area contributed by atoms with Gasteiger partial charge in [0.2, 0.25) is 11.9 Å². The second kappa shape index (κ2) is 7.55. The van der Waals surface area contributed by atoms with Crippen molar-refractivity contribution in [1.29, 1.82) is 0 Å². The maximum Gasteiger partial charge on any atom is 0.248 e. The molecule has 1 atom stereocenters. The van der Waals surface area contributed by atoms with Gasteiger partial charge in [0.05, 0.1) is 19.8 Å². The number of rotatable bonds is 5. The van der Waals surface area contributed by atoms with Gasteiger partial charge in [-0.1, -0.05) is 29.8 Å². The van der Waals surface area contributed by atoms with E-state index in [0.717, 1.165) is 11.1 Å². The number of carbonyl (C=O) groups excluding carboxylic acids is 1. The highest BCUT2D eigenvalue weighted by atomic mass is 16.5. The van der Waals surface area contributed by atoms with Crippen molar-refractivity contribution in [3.63, 3.8) is 0 Å². The molecule has 3 N–H and O–H groups in total. The Morgan fingerprint density at radius 2 is 1.83 bits per heavy atom. The zero-order valence-corrected chi connectivity index (χ0v) is 17.3. The van der Waals surface area contributed by atoms with Crippen LogP contribution in [0.2, 0.25) is 0 Å². The summed E-state index contributed by atoms with van der Waals surface area (Å²) in [6.45, 7) is 3.82. The molecule has 154 valence electrons. The van der Waals surface area contributed by atoms with Crippen LogP contribution in [0.3, 0.4) is 0 Å². The molecule has 1 unspecified atom stereocenters. The Labute approximate surface area is 174 Å². The molecule has 0 bridgehead atoms. The smallest absolute Gasteiger partial charge is 0.248 e. The Kier molecular flexibility index (Phi) is 4.91. The SMILES string of the molecule is COc1ccc(OC)c(C2C(C(N)=O)=C(C)Nc3nc(-c4ccc(C)cc4)nn32)c1. The number of nitrogens with two attached hydrogens (primary N) is 1. The topological polar surface area (TPSA) is 104 Å². The molecule has 0 radical (unpaired) electrons. The number of nitrogens with zero attached hydrogens (tertiary/aromatic N) is 3.